The van der Waals surface area contributed by atoms with Crippen molar-refractivity contribution in [1.29, 1.82) is 0 Å². The van der Waals surface area contributed by atoms with Gasteiger partial charge in [-0.05, 0) is 6.04 Å². The van der Waals surface area contributed by atoms with Crippen LogP contribution in [0, 0.1) is 0 Å². The molecular weight excluding hydrogens is 254 g/mol. The quantitative estimate of drug-likeness (QED) is 0.588. The van der Waals surface area contributed by atoms with Crippen LogP contribution in [0.15, 0.2) is 30.3 Å². The molecule has 4 heteroatoms. The minimum absolute atomic E-state index is 0.739. The lowest BCUT2D eigenvalue weighted by atomic mass is 10.4. The van der Waals surface area contributed by atoms with Crippen LogP contribution < -0.4 is 10.9 Å². The van der Waals surface area contributed by atoms with E-state index in [0.29, 0.717) is 0 Å². The van der Waals surface area contributed by atoms with Crippen molar-refractivity contribution >= 4 is 13.3 Å². The molecule has 0 bridgehead atoms. The maximum Gasteiger partial charge on any atom is 0.223 e. The van der Waals surface area contributed by atoms with Crippen LogP contribution in [0.25, 0.3) is 0 Å². The molecule has 0 fully saturated rings. The molecule has 0 amide bonds. The molecule has 0 atom stereocenters. The number of methoxy groups -OCH3 is 2. The van der Waals surface area contributed by atoms with Crippen molar-refractivity contribution < 1.29 is 9.47 Å². The molecular formula is C15H27NO2Si. The number of rotatable bonds is 8. The second kappa shape index (κ2) is 7.19. The summed E-state index contributed by atoms with van der Waals surface area (Å²) in [5.74, 6) is -0.947. The normalized spacial score (nSPS) is 12.7. The van der Waals surface area contributed by atoms with Gasteiger partial charge < -0.3 is 9.47 Å². The van der Waals surface area contributed by atoms with E-state index in [-0.39, 0.29) is 0 Å². The van der Waals surface area contributed by atoms with E-state index in [1.54, 1.807) is 14.2 Å². The molecule has 0 radical (unpaired) electrons. The molecule has 0 aromatic heterocycles. The molecule has 1 aromatic rings. The molecule has 0 unspecified atom stereocenters. The molecule has 3 nitrogen and oxygen atoms in total. The van der Waals surface area contributed by atoms with E-state index in [4.69, 9.17) is 15.2 Å². The zero-order valence-corrected chi connectivity index (χ0v) is 13.6. The van der Waals surface area contributed by atoms with Gasteiger partial charge in [-0.2, -0.15) is 0 Å². The van der Waals surface area contributed by atoms with Crippen LogP contribution in [0.2, 0.25) is 18.1 Å². The summed E-state index contributed by atoms with van der Waals surface area (Å²) >= 11 is 0. The first-order valence-electron chi connectivity index (χ1n) is 7.00. The molecule has 0 spiro atoms. The lowest BCUT2D eigenvalue weighted by Gasteiger charge is -2.34. The molecule has 2 N–H and O–H groups in total. The molecule has 0 saturated heterocycles. The zero-order valence-electron chi connectivity index (χ0n) is 12.6. The summed E-state index contributed by atoms with van der Waals surface area (Å²) in [5, 5.41) is 1.51. The highest BCUT2D eigenvalue weighted by Gasteiger charge is 2.35. The fourth-order valence-electron chi connectivity index (χ4n) is 2.65. The highest BCUT2D eigenvalue weighted by atomic mass is 28.3. The third kappa shape index (κ3) is 3.89. The Kier molecular flexibility index (Phi) is 6.20. The maximum atomic E-state index is 6.07. The Balaban J connectivity index is 2.90. The molecule has 0 aliphatic rings. The predicted octanol–water partition coefficient (Wildman–Crippen LogP) is 2.68. The van der Waals surface area contributed by atoms with Crippen LogP contribution in [0.3, 0.4) is 0 Å². The van der Waals surface area contributed by atoms with Gasteiger partial charge >= 0.3 is 0 Å². The average Bonchev–Trinajstić information content (AvgIpc) is 2.49. The van der Waals surface area contributed by atoms with Crippen LogP contribution in [-0.2, 0) is 9.47 Å². The summed E-state index contributed by atoms with van der Waals surface area (Å²) in [7, 11) is 1.71. The van der Waals surface area contributed by atoms with E-state index in [1.807, 2.05) is 0 Å². The number of hydrogen-bond donors (Lipinski definition) is 1. The molecule has 1 rings (SSSR count). The molecule has 19 heavy (non-hydrogen) atoms. The third-order valence-corrected chi connectivity index (χ3v) is 9.86. The Morgan fingerprint density at radius 3 is 2.00 bits per heavy atom. The standard InChI is InChI=1S/C15H27NO2Si/c1-5-19(6-2,14-10-8-7-9-11-14)13-12-15(16,17-3)18-4/h7-11H,5-6,12-13,16H2,1-4H3. The highest BCUT2D eigenvalue weighted by molar-refractivity contribution is 6.91. The van der Waals surface area contributed by atoms with Gasteiger partial charge in [0.25, 0.3) is 0 Å². The Hall–Kier alpha value is -0.683. The Bertz CT molecular complexity index is 362. The Labute approximate surface area is 118 Å². The highest BCUT2D eigenvalue weighted by Crippen LogP contribution is 2.26. The molecule has 0 aliphatic heterocycles. The Morgan fingerprint density at radius 2 is 1.58 bits per heavy atom. The minimum Gasteiger partial charge on any atom is -0.341 e. The lowest BCUT2D eigenvalue weighted by molar-refractivity contribution is -0.203. The van der Waals surface area contributed by atoms with Gasteiger partial charge in [-0.3, -0.25) is 5.73 Å². The van der Waals surface area contributed by atoms with Crippen molar-refractivity contribution in [3.8, 4) is 0 Å². The number of ether oxygens (including phenoxy) is 2. The van der Waals surface area contributed by atoms with Gasteiger partial charge in [0, 0.05) is 20.6 Å². The van der Waals surface area contributed by atoms with Crippen molar-refractivity contribution in [2.45, 2.75) is 44.3 Å². The SMILES string of the molecule is CC[Si](CC)(CCC(N)(OC)OC)c1ccccc1. The van der Waals surface area contributed by atoms with Gasteiger partial charge in [0.15, 0.2) is 0 Å². The van der Waals surface area contributed by atoms with E-state index >= 15 is 0 Å². The van der Waals surface area contributed by atoms with Gasteiger partial charge in [0.05, 0.1) is 8.07 Å². The summed E-state index contributed by atoms with van der Waals surface area (Å²) in [4.78, 5) is 0. The predicted molar refractivity (Wildman–Crippen MR) is 83.2 cm³/mol. The second-order valence-corrected chi connectivity index (χ2v) is 10.1. The Morgan fingerprint density at radius 1 is 1.05 bits per heavy atom. The van der Waals surface area contributed by atoms with Crippen molar-refractivity contribution in [3.05, 3.63) is 30.3 Å². The van der Waals surface area contributed by atoms with E-state index in [2.05, 4.69) is 44.2 Å². The summed E-state index contributed by atoms with van der Waals surface area (Å²) in [6, 6.07) is 14.4. The van der Waals surface area contributed by atoms with Gasteiger partial charge in [0.2, 0.25) is 5.91 Å². The monoisotopic (exact) mass is 281 g/mol. The molecule has 0 aliphatic carbocycles. The molecule has 0 saturated carbocycles. The van der Waals surface area contributed by atoms with Crippen LogP contribution in [0.5, 0.6) is 0 Å². The first-order chi connectivity index (χ1) is 9.05. The molecule has 1 aromatic carbocycles. The fourth-order valence-corrected chi connectivity index (χ4v) is 6.69. The van der Waals surface area contributed by atoms with Crippen molar-refractivity contribution in [2.24, 2.45) is 5.73 Å². The van der Waals surface area contributed by atoms with Gasteiger partial charge in [-0.15, -0.1) is 0 Å². The van der Waals surface area contributed by atoms with Crippen molar-refractivity contribution in [2.75, 3.05) is 14.2 Å². The van der Waals surface area contributed by atoms with Gasteiger partial charge in [-0.25, -0.2) is 0 Å². The summed E-state index contributed by atoms with van der Waals surface area (Å²) < 4.78 is 10.6. The lowest BCUT2D eigenvalue weighted by Crippen LogP contribution is -2.51. The molecule has 108 valence electrons. The van der Waals surface area contributed by atoms with E-state index < -0.39 is 14.0 Å². The first kappa shape index (κ1) is 16.4. The van der Waals surface area contributed by atoms with Crippen LogP contribution in [0.4, 0.5) is 0 Å². The van der Waals surface area contributed by atoms with E-state index in [9.17, 15) is 0 Å². The van der Waals surface area contributed by atoms with Crippen molar-refractivity contribution in [3.63, 3.8) is 0 Å². The van der Waals surface area contributed by atoms with Gasteiger partial charge in [0.1, 0.15) is 0 Å². The molecule has 0 heterocycles. The zero-order chi connectivity index (χ0) is 14.4. The third-order valence-electron chi connectivity index (χ3n) is 4.38. The summed E-state index contributed by atoms with van der Waals surface area (Å²) in [6.07, 6.45) is 0.739. The fraction of sp³-hybridized carbons (Fsp3) is 0.600. The second-order valence-electron chi connectivity index (χ2n) is 5.07. The number of nitrogens with two attached hydrogens (primary N) is 1. The minimum atomic E-state index is -1.50. The number of hydrogen-bond acceptors (Lipinski definition) is 3. The summed E-state index contributed by atoms with van der Waals surface area (Å²) in [6.45, 7) is 4.58. The van der Waals surface area contributed by atoms with Crippen molar-refractivity contribution in [1.82, 2.24) is 0 Å². The van der Waals surface area contributed by atoms with Crippen LogP contribution in [0.1, 0.15) is 20.3 Å². The van der Waals surface area contributed by atoms with Crippen LogP contribution in [-0.4, -0.2) is 28.2 Å². The van der Waals surface area contributed by atoms with Gasteiger partial charge in [-0.1, -0.05) is 61.5 Å². The van der Waals surface area contributed by atoms with E-state index in [1.165, 1.54) is 17.3 Å². The summed E-state index contributed by atoms with van der Waals surface area (Å²) in [5.41, 5.74) is 6.07. The maximum absolute atomic E-state index is 6.07. The van der Waals surface area contributed by atoms with E-state index in [0.717, 1.165) is 12.5 Å². The average molecular weight is 281 g/mol. The first-order valence-corrected chi connectivity index (χ1v) is 9.62. The smallest absolute Gasteiger partial charge is 0.223 e. The topological polar surface area (TPSA) is 44.5 Å². The largest absolute Gasteiger partial charge is 0.341 e. The number of benzene rings is 1. The van der Waals surface area contributed by atoms with Crippen LogP contribution >= 0.6 is 0 Å².